The molecule has 0 bridgehead atoms. The lowest BCUT2D eigenvalue weighted by molar-refractivity contribution is -0.141. The average Bonchev–Trinajstić information content (AvgIpc) is 2.31. The van der Waals surface area contributed by atoms with Gasteiger partial charge in [-0.2, -0.15) is 0 Å². The van der Waals surface area contributed by atoms with Crippen LogP contribution < -0.4 is 0 Å². The molecule has 0 aromatic heterocycles. The second-order valence-electron chi connectivity index (χ2n) is 2.90. The van der Waals surface area contributed by atoms with Gasteiger partial charge in [0.05, 0.1) is 32.8 Å². The number of carbonyl (C=O) groups excluding carboxylic acids is 2. The second-order valence-corrected chi connectivity index (χ2v) is 2.90. The molecular formula is C10H17NO5. The summed E-state index contributed by atoms with van der Waals surface area (Å²) < 4.78 is 8.99. The monoisotopic (exact) mass is 231 g/mol. The molecule has 0 radical (unpaired) electrons. The maximum Gasteiger partial charge on any atom is 0.311 e. The SMILES string of the molecule is CCO/N=C(\CCC(=O)OC)CC(=O)OC. The third-order valence-corrected chi connectivity index (χ3v) is 1.74. The predicted molar refractivity (Wildman–Crippen MR) is 56.9 cm³/mol. The lowest BCUT2D eigenvalue weighted by Gasteiger charge is -2.04. The van der Waals surface area contributed by atoms with Crippen molar-refractivity contribution in [3.05, 3.63) is 0 Å². The number of rotatable bonds is 7. The van der Waals surface area contributed by atoms with E-state index >= 15 is 0 Å². The van der Waals surface area contributed by atoms with E-state index in [0.717, 1.165) is 0 Å². The fourth-order valence-corrected chi connectivity index (χ4v) is 0.909. The van der Waals surface area contributed by atoms with Crippen LogP contribution in [0.5, 0.6) is 0 Å². The fraction of sp³-hybridized carbons (Fsp3) is 0.700. The summed E-state index contributed by atoms with van der Waals surface area (Å²) in [6, 6.07) is 0. The van der Waals surface area contributed by atoms with Gasteiger partial charge < -0.3 is 14.3 Å². The van der Waals surface area contributed by atoms with Crippen LogP contribution in [0.4, 0.5) is 0 Å². The van der Waals surface area contributed by atoms with Crippen molar-refractivity contribution < 1.29 is 23.9 Å². The molecule has 0 aromatic carbocycles. The summed E-state index contributed by atoms with van der Waals surface area (Å²) in [4.78, 5) is 26.8. The number of ether oxygens (including phenoxy) is 2. The minimum Gasteiger partial charge on any atom is -0.469 e. The molecule has 0 saturated heterocycles. The molecule has 0 spiro atoms. The van der Waals surface area contributed by atoms with Crippen molar-refractivity contribution in [2.75, 3.05) is 20.8 Å². The van der Waals surface area contributed by atoms with Gasteiger partial charge in [-0.3, -0.25) is 9.59 Å². The summed E-state index contributed by atoms with van der Waals surface area (Å²) in [6.07, 6.45) is 0.509. The van der Waals surface area contributed by atoms with Crippen LogP contribution in [0.2, 0.25) is 0 Å². The van der Waals surface area contributed by atoms with Gasteiger partial charge in [0.15, 0.2) is 0 Å². The van der Waals surface area contributed by atoms with Crippen molar-refractivity contribution in [3.63, 3.8) is 0 Å². The van der Waals surface area contributed by atoms with Gasteiger partial charge in [0, 0.05) is 6.42 Å². The molecule has 0 unspecified atom stereocenters. The Hall–Kier alpha value is -1.59. The van der Waals surface area contributed by atoms with E-state index in [9.17, 15) is 9.59 Å². The van der Waals surface area contributed by atoms with Crippen LogP contribution >= 0.6 is 0 Å². The van der Waals surface area contributed by atoms with Crippen molar-refractivity contribution in [2.24, 2.45) is 5.16 Å². The normalized spacial score (nSPS) is 10.8. The number of methoxy groups -OCH3 is 2. The molecule has 6 heteroatoms. The first-order valence-electron chi connectivity index (χ1n) is 4.95. The number of hydrogen-bond acceptors (Lipinski definition) is 6. The predicted octanol–water partition coefficient (Wildman–Crippen LogP) is 0.895. The largest absolute Gasteiger partial charge is 0.469 e. The highest BCUT2D eigenvalue weighted by Gasteiger charge is 2.11. The van der Waals surface area contributed by atoms with E-state index in [1.54, 1.807) is 6.92 Å². The Morgan fingerprint density at radius 1 is 1.06 bits per heavy atom. The summed E-state index contributed by atoms with van der Waals surface area (Å²) in [5.41, 5.74) is 0.471. The topological polar surface area (TPSA) is 74.2 Å². The first kappa shape index (κ1) is 14.4. The first-order chi connectivity index (χ1) is 7.63. The zero-order chi connectivity index (χ0) is 12.4. The van der Waals surface area contributed by atoms with Crippen LogP contribution in [0.1, 0.15) is 26.2 Å². The highest BCUT2D eigenvalue weighted by atomic mass is 16.6. The molecule has 0 saturated carbocycles. The van der Waals surface area contributed by atoms with E-state index in [4.69, 9.17) is 4.84 Å². The van der Waals surface area contributed by atoms with Crippen LogP contribution in [0, 0.1) is 0 Å². The van der Waals surface area contributed by atoms with Gasteiger partial charge in [0.1, 0.15) is 6.61 Å². The average molecular weight is 231 g/mol. The van der Waals surface area contributed by atoms with Crippen LogP contribution in [-0.4, -0.2) is 38.5 Å². The molecule has 0 heterocycles. The Morgan fingerprint density at radius 3 is 2.19 bits per heavy atom. The molecule has 0 N–H and O–H groups in total. The third kappa shape index (κ3) is 6.80. The fourth-order valence-electron chi connectivity index (χ4n) is 0.909. The second kappa shape index (κ2) is 8.70. The number of esters is 2. The number of hydrogen-bond donors (Lipinski definition) is 0. The lowest BCUT2D eigenvalue weighted by atomic mass is 10.1. The summed E-state index contributed by atoms with van der Waals surface area (Å²) in [6.45, 7) is 2.18. The highest BCUT2D eigenvalue weighted by Crippen LogP contribution is 2.02. The van der Waals surface area contributed by atoms with Gasteiger partial charge in [-0.15, -0.1) is 0 Å². The molecule has 0 aliphatic heterocycles. The van der Waals surface area contributed by atoms with E-state index in [1.807, 2.05) is 0 Å². The lowest BCUT2D eigenvalue weighted by Crippen LogP contribution is -2.12. The van der Waals surface area contributed by atoms with E-state index in [-0.39, 0.29) is 18.8 Å². The van der Waals surface area contributed by atoms with E-state index < -0.39 is 5.97 Å². The smallest absolute Gasteiger partial charge is 0.311 e. The minimum absolute atomic E-state index is 0.0213. The van der Waals surface area contributed by atoms with Gasteiger partial charge in [-0.05, 0) is 6.92 Å². The standard InChI is InChI=1S/C10H17NO5/c1-4-16-11-8(7-10(13)15-3)5-6-9(12)14-2/h4-7H2,1-3H3/b11-8+. The highest BCUT2D eigenvalue weighted by molar-refractivity contribution is 5.99. The van der Waals surface area contributed by atoms with Crippen LogP contribution in [0.3, 0.4) is 0 Å². The van der Waals surface area contributed by atoms with Crippen molar-refractivity contribution in [1.29, 1.82) is 0 Å². The van der Waals surface area contributed by atoms with Crippen molar-refractivity contribution in [2.45, 2.75) is 26.2 Å². The quantitative estimate of drug-likeness (QED) is 0.369. The molecule has 16 heavy (non-hydrogen) atoms. The molecule has 0 amide bonds. The molecule has 6 nitrogen and oxygen atoms in total. The number of oxime groups is 1. The van der Waals surface area contributed by atoms with Crippen LogP contribution in [0.15, 0.2) is 5.16 Å². The molecule has 0 rings (SSSR count). The van der Waals surface area contributed by atoms with Crippen molar-refractivity contribution >= 4 is 17.7 Å². The number of carbonyl (C=O) groups is 2. The van der Waals surface area contributed by atoms with Crippen LogP contribution in [0.25, 0.3) is 0 Å². The maximum atomic E-state index is 11.0. The van der Waals surface area contributed by atoms with Gasteiger partial charge >= 0.3 is 11.9 Å². The Morgan fingerprint density at radius 2 is 1.69 bits per heavy atom. The molecule has 0 aromatic rings. The Bertz CT molecular complexity index is 262. The van der Waals surface area contributed by atoms with Gasteiger partial charge in [0.25, 0.3) is 0 Å². The summed E-state index contributed by atoms with van der Waals surface area (Å²) >= 11 is 0. The third-order valence-electron chi connectivity index (χ3n) is 1.74. The Labute approximate surface area is 94.5 Å². The van der Waals surface area contributed by atoms with Crippen molar-refractivity contribution in [1.82, 2.24) is 0 Å². The van der Waals surface area contributed by atoms with Gasteiger partial charge in [-0.25, -0.2) is 0 Å². The molecule has 0 aliphatic carbocycles. The number of nitrogens with zero attached hydrogens (tertiary/aromatic N) is 1. The van der Waals surface area contributed by atoms with Gasteiger partial charge in [-0.1, -0.05) is 5.16 Å². The van der Waals surface area contributed by atoms with E-state index in [1.165, 1.54) is 14.2 Å². The van der Waals surface area contributed by atoms with Crippen LogP contribution in [-0.2, 0) is 23.9 Å². The van der Waals surface area contributed by atoms with Gasteiger partial charge in [0.2, 0.25) is 0 Å². The minimum atomic E-state index is -0.414. The summed E-state index contributed by atoms with van der Waals surface area (Å²) in [7, 11) is 2.60. The maximum absolute atomic E-state index is 11.0. The Balaban J connectivity index is 4.20. The van der Waals surface area contributed by atoms with Crippen molar-refractivity contribution in [3.8, 4) is 0 Å². The zero-order valence-electron chi connectivity index (χ0n) is 9.82. The molecule has 0 fully saturated rings. The summed E-state index contributed by atoms with van der Waals surface area (Å²) in [5, 5.41) is 3.74. The summed E-state index contributed by atoms with van der Waals surface area (Å²) in [5.74, 6) is -0.766. The Kier molecular flexibility index (Phi) is 7.83. The zero-order valence-corrected chi connectivity index (χ0v) is 9.82. The molecule has 0 atom stereocenters. The molecular weight excluding hydrogens is 214 g/mol. The van der Waals surface area contributed by atoms with E-state index in [2.05, 4.69) is 14.6 Å². The molecule has 92 valence electrons. The molecule has 0 aliphatic rings. The van der Waals surface area contributed by atoms with E-state index in [0.29, 0.717) is 18.7 Å². The first-order valence-corrected chi connectivity index (χ1v) is 4.95.